The molecule has 25 heavy (non-hydrogen) atoms. The summed E-state index contributed by atoms with van der Waals surface area (Å²) >= 11 is 0. The maximum Gasteiger partial charge on any atom is 0.298 e. The van der Waals surface area contributed by atoms with Gasteiger partial charge in [-0.1, -0.05) is 29.8 Å². The molecule has 126 valence electrons. The van der Waals surface area contributed by atoms with Crippen LogP contribution in [0.2, 0.25) is 0 Å². The monoisotopic (exact) mass is 335 g/mol. The van der Waals surface area contributed by atoms with E-state index < -0.39 is 5.56 Å². The second-order valence-electron chi connectivity index (χ2n) is 5.44. The Morgan fingerprint density at radius 1 is 1.12 bits per heavy atom. The van der Waals surface area contributed by atoms with Gasteiger partial charge in [-0.15, -0.1) is 0 Å². The summed E-state index contributed by atoms with van der Waals surface area (Å²) in [6, 6.07) is 14.2. The Balaban J connectivity index is 1.95. The van der Waals surface area contributed by atoms with E-state index in [1.807, 2.05) is 25.1 Å². The van der Waals surface area contributed by atoms with Crippen molar-refractivity contribution in [2.75, 3.05) is 12.4 Å². The number of anilines is 1. The summed E-state index contributed by atoms with van der Waals surface area (Å²) in [6.45, 7) is 1.94. The first-order valence-electron chi connectivity index (χ1n) is 7.69. The maximum absolute atomic E-state index is 12.7. The first-order valence-corrected chi connectivity index (χ1v) is 7.69. The second kappa shape index (κ2) is 7.00. The van der Waals surface area contributed by atoms with Crippen LogP contribution in [0, 0.1) is 6.92 Å². The minimum absolute atomic E-state index is 0.0426. The lowest BCUT2D eigenvalue weighted by Gasteiger charge is -2.11. The lowest BCUT2D eigenvalue weighted by Crippen LogP contribution is -2.26. The molecule has 0 saturated carbocycles. The summed E-state index contributed by atoms with van der Waals surface area (Å²) in [5, 5.41) is 2.57. The first-order chi connectivity index (χ1) is 12.1. The number of ether oxygens (including phenoxy) is 1. The predicted octanol–water partition coefficient (Wildman–Crippen LogP) is 2.80. The average molecular weight is 335 g/mol. The lowest BCUT2D eigenvalue weighted by atomic mass is 10.1. The topological polar surface area (TPSA) is 73.2 Å². The second-order valence-corrected chi connectivity index (χ2v) is 5.44. The number of carbonyl (C=O) groups excluding carboxylic acids is 1. The highest BCUT2D eigenvalue weighted by atomic mass is 16.5. The summed E-state index contributed by atoms with van der Waals surface area (Å²) in [5.74, 6) is 0.118. The summed E-state index contributed by atoms with van der Waals surface area (Å²) in [7, 11) is 1.53. The fourth-order valence-electron chi connectivity index (χ4n) is 2.40. The minimum atomic E-state index is -0.438. The summed E-state index contributed by atoms with van der Waals surface area (Å²) in [4.78, 5) is 29.0. The molecular weight excluding hydrogens is 318 g/mol. The van der Waals surface area contributed by atoms with E-state index in [9.17, 15) is 9.59 Å². The first kappa shape index (κ1) is 16.4. The molecule has 0 unspecified atom stereocenters. The molecule has 2 aromatic carbocycles. The highest BCUT2D eigenvalue weighted by Gasteiger charge is 2.13. The van der Waals surface area contributed by atoms with E-state index in [4.69, 9.17) is 4.74 Å². The molecule has 6 heteroatoms. The number of rotatable bonds is 4. The molecule has 0 aliphatic carbocycles. The number of carbonyl (C=O) groups is 1. The van der Waals surface area contributed by atoms with Gasteiger partial charge in [0.1, 0.15) is 5.75 Å². The number of nitrogens with zero attached hydrogens (tertiary/aromatic N) is 2. The van der Waals surface area contributed by atoms with E-state index in [0.29, 0.717) is 17.0 Å². The van der Waals surface area contributed by atoms with Gasteiger partial charge in [0.15, 0.2) is 5.82 Å². The molecule has 0 radical (unpaired) electrons. The molecule has 0 bridgehead atoms. The number of hydrogen-bond acceptors (Lipinski definition) is 4. The lowest BCUT2D eigenvalue weighted by molar-refractivity contribution is 0.102. The Morgan fingerprint density at radius 3 is 2.56 bits per heavy atom. The Morgan fingerprint density at radius 2 is 1.84 bits per heavy atom. The quantitative estimate of drug-likeness (QED) is 0.796. The molecule has 0 fully saturated rings. The highest BCUT2D eigenvalue weighted by Crippen LogP contribution is 2.20. The fourth-order valence-corrected chi connectivity index (χ4v) is 2.40. The minimum Gasteiger partial charge on any atom is -0.495 e. The third-order valence-corrected chi connectivity index (χ3v) is 3.73. The summed E-state index contributed by atoms with van der Waals surface area (Å²) in [5.41, 5.74) is 1.64. The van der Waals surface area contributed by atoms with Crippen LogP contribution >= 0.6 is 0 Å². The Labute approximate surface area is 144 Å². The molecule has 0 spiro atoms. The van der Waals surface area contributed by atoms with Crippen LogP contribution in [0.1, 0.15) is 15.9 Å². The van der Waals surface area contributed by atoms with E-state index in [-0.39, 0.29) is 11.7 Å². The van der Waals surface area contributed by atoms with Crippen molar-refractivity contribution in [2.24, 2.45) is 0 Å². The van der Waals surface area contributed by atoms with E-state index in [0.717, 1.165) is 5.56 Å². The number of methoxy groups -OCH3 is 1. The number of para-hydroxylation sites is 2. The van der Waals surface area contributed by atoms with Gasteiger partial charge in [-0.2, -0.15) is 0 Å². The molecule has 3 aromatic rings. The van der Waals surface area contributed by atoms with Gasteiger partial charge in [0.25, 0.3) is 11.5 Å². The summed E-state index contributed by atoms with van der Waals surface area (Å²) in [6.07, 6.45) is 2.99. The molecule has 1 N–H and O–H groups in total. The molecule has 6 nitrogen and oxygen atoms in total. The predicted molar refractivity (Wildman–Crippen MR) is 95.5 cm³/mol. The molecule has 0 atom stereocenters. The van der Waals surface area contributed by atoms with Crippen LogP contribution in [0.25, 0.3) is 5.69 Å². The molecule has 1 heterocycles. The van der Waals surface area contributed by atoms with Gasteiger partial charge in [-0.05, 0) is 31.2 Å². The Bertz CT molecular complexity index is 962. The van der Waals surface area contributed by atoms with Crippen molar-refractivity contribution in [3.63, 3.8) is 0 Å². The van der Waals surface area contributed by atoms with Crippen LogP contribution in [0.5, 0.6) is 5.75 Å². The van der Waals surface area contributed by atoms with Crippen molar-refractivity contribution >= 4 is 11.7 Å². The third-order valence-electron chi connectivity index (χ3n) is 3.73. The smallest absolute Gasteiger partial charge is 0.298 e. The van der Waals surface area contributed by atoms with Crippen LogP contribution in [0.4, 0.5) is 5.82 Å². The maximum atomic E-state index is 12.7. The molecule has 0 aliphatic rings. The van der Waals surface area contributed by atoms with Gasteiger partial charge >= 0.3 is 0 Å². The standard InChI is InChI=1S/C19H17N3O3/c1-13-7-9-14(10-8-13)18(23)21-17-19(24)22(12-11-20-17)15-5-3-4-6-16(15)25-2/h3-12H,1-2H3,(H,20,21,23). The normalized spacial score (nSPS) is 10.3. The van der Waals surface area contributed by atoms with Crippen molar-refractivity contribution in [2.45, 2.75) is 6.92 Å². The number of amides is 1. The van der Waals surface area contributed by atoms with Crippen LogP contribution < -0.4 is 15.6 Å². The number of benzene rings is 2. The number of nitrogens with one attached hydrogen (secondary N) is 1. The van der Waals surface area contributed by atoms with E-state index in [1.54, 1.807) is 30.3 Å². The zero-order valence-corrected chi connectivity index (χ0v) is 13.9. The van der Waals surface area contributed by atoms with Crippen molar-refractivity contribution in [3.8, 4) is 11.4 Å². The number of hydrogen-bond donors (Lipinski definition) is 1. The van der Waals surface area contributed by atoms with Crippen molar-refractivity contribution in [1.29, 1.82) is 0 Å². The molecule has 0 aliphatic heterocycles. The van der Waals surface area contributed by atoms with E-state index >= 15 is 0 Å². The Hall–Kier alpha value is -3.41. The highest BCUT2D eigenvalue weighted by molar-refractivity contribution is 6.03. The van der Waals surface area contributed by atoms with Gasteiger partial charge < -0.3 is 10.1 Å². The molecule has 1 aromatic heterocycles. The van der Waals surface area contributed by atoms with Crippen molar-refractivity contribution < 1.29 is 9.53 Å². The van der Waals surface area contributed by atoms with E-state index in [2.05, 4.69) is 10.3 Å². The van der Waals surface area contributed by atoms with Crippen LogP contribution in [-0.2, 0) is 0 Å². The van der Waals surface area contributed by atoms with E-state index in [1.165, 1.54) is 24.1 Å². The molecular formula is C19H17N3O3. The Kier molecular flexibility index (Phi) is 4.61. The van der Waals surface area contributed by atoms with Crippen LogP contribution in [0.15, 0.2) is 65.7 Å². The fraction of sp³-hybridized carbons (Fsp3) is 0.105. The molecule has 1 amide bonds. The average Bonchev–Trinajstić information content (AvgIpc) is 2.64. The van der Waals surface area contributed by atoms with Gasteiger partial charge in [0.05, 0.1) is 12.8 Å². The zero-order valence-electron chi connectivity index (χ0n) is 13.9. The number of aromatic nitrogens is 2. The number of aryl methyl sites for hydroxylation is 1. The van der Waals surface area contributed by atoms with Crippen molar-refractivity contribution in [3.05, 3.63) is 82.4 Å². The SMILES string of the molecule is COc1ccccc1-n1ccnc(NC(=O)c2ccc(C)cc2)c1=O. The van der Waals surface area contributed by atoms with Gasteiger partial charge in [0.2, 0.25) is 0 Å². The van der Waals surface area contributed by atoms with Gasteiger partial charge in [-0.3, -0.25) is 14.2 Å². The largest absolute Gasteiger partial charge is 0.495 e. The van der Waals surface area contributed by atoms with Crippen molar-refractivity contribution in [1.82, 2.24) is 9.55 Å². The van der Waals surface area contributed by atoms with Crippen LogP contribution in [-0.4, -0.2) is 22.6 Å². The van der Waals surface area contributed by atoms with Gasteiger partial charge in [0, 0.05) is 18.0 Å². The molecule has 3 rings (SSSR count). The molecule has 0 saturated heterocycles. The summed E-state index contributed by atoms with van der Waals surface area (Å²) < 4.78 is 6.67. The third kappa shape index (κ3) is 3.42. The van der Waals surface area contributed by atoms with Gasteiger partial charge in [-0.25, -0.2) is 4.98 Å². The zero-order chi connectivity index (χ0) is 17.8. The van der Waals surface area contributed by atoms with Crippen LogP contribution in [0.3, 0.4) is 0 Å².